The summed E-state index contributed by atoms with van der Waals surface area (Å²) in [5, 5.41) is 0. The fourth-order valence-corrected chi connectivity index (χ4v) is 5.08. The summed E-state index contributed by atoms with van der Waals surface area (Å²) in [7, 11) is 1.66. The Hall–Kier alpha value is -0.103. The molecule has 6 heteroatoms. The van der Waals surface area contributed by atoms with Gasteiger partial charge in [0, 0.05) is 27.2 Å². The normalized spacial score (nSPS) is 15.4. The van der Waals surface area contributed by atoms with Crippen LogP contribution in [0.3, 0.4) is 0 Å². The van der Waals surface area contributed by atoms with Crippen molar-refractivity contribution in [1.29, 1.82) is 0 Å². The van der Waals surface area contributed by atoms with E-state index in [0.29, 0.717) is 5.88 Å². The molecule has 3 nitrogen and oxygen atoms in total. The maximum atomic E-state index is 6.63. The summed E-state index contributed by atoms with van der Waals surface area (Å²) in [6.07, 6.45) is 0. The van der Waals surface area contributed by atoms with Crippen LogP contribution in [0.25, 0.3) is 0 Å². The Morgan fingerprint density at radius 1 is 1.06 bits per heavy atom. The highest BCUT2D eigenvalue weighted by molar-refractivity contribution is 6.73. The molecule has 1 unspecified atom stereocenters. The molecule has 1 aromatic rings. The Kier molecular flexibility index (Phi) is 5.64. The molecule has 0 fully saturated rings. The number of halogens is 2. The molecule has 0 aliphatic rings. The van der Waals surface area contributed by atoms with Crippen LogP contribution in [0.2, 0.25) is 0 Å². The van der Waals surface area contributed by atoms with Crippen molar-refractivity contribution in [3.63, 3.8) is 0 Å². The van der Waals surface area contributed by atoms with Crippen LogP contribution in [-0.4, -0.2) is 30.1 Å². The van der Waals surface area contributed by atoms with Gasteiger partial charge in [-0.1, -0.05) is 24.3 Å². The minimum absolute atomic E-state index is 0.473. The van der Waals surface area contributed by atoms with Crippen LogP contribution in [0.4, 0.5) is 0 Å². The number of hydrogen-bond donors (Lipinski definition) is 0. The molecular formula is C12H18Cl2O3Si. The lowest BCUT2D eigenvalue weighted by Crippen LogP contribution is -2.57. The number of alkyl halides is 2. The maximum Gasteiger partial charge on any atom is 0.526 e. The van der Waals surface area contributed by atoms with Crippen LogP contribution in [-0.2, 0) is 23.7 Å². The van der Waals surface area contributed by atoms with Crippen molar-refractivity contribution in [1.82, 2.24) is 0 Å². The van der Waals surface area contributed by atoms with Gasteiger partial charge in [-0.2, -0.15) is 0 Å². The van der Waals surface area contributed by atoms with Crippen LogP contribution < -0.4 is 0 Å². The Morgan fingerprint density at radius 3 is 1.83 bits per heavy atom. The van der Waals surface area contributed by atoms with Gasteiger partial charge in [-0.3, -0.25) is 0 Å². The Balaban J connectivity index is 3.17. The van der Waals surface area contributed by atoms with E-state index in [1.54, 1.807) is 21.3 Å². The van der Waals surface area contributed by atoms with Gasteiger partial charge in [0.2, 0.25) is 0 Å². The zero-order valence-electron chi connectivity index (χ0n) is 11.0. The summed E-state index contributed by atoms with van der Waals surface area (Å²) in [6, 6.07) is 7.71. The molecule has 1 atom stereocenters. The molecule has 0 saturated heterocycles. The van der Waals surface area contributed by atoms with Gasteiger partial charge in [-0.15, -0.1) is 23.2 Å². The first-order chi connectivity index (χ1) is 8.47. The molecule has 0 amide bonds. The summed E-state index contributed by atoms with van der Waals surface area (Å²) in [5.41, 5.74) is 1.92. The van der Waals surface area contributed by atoms with E-state index in [1.807, 2.05) is 31.2 Å². The molecular weight excluding hydrogens is 291 g/mol. The third-order valence-corrected chi connectivity index (χ3v) is 7.30. The van der Waals surface area contributed by atoms with Crippen LogP contribution in [0.1, 0.15) is 18.1 Å². The predicted molar refractivity (Wildman–Crippen MR) is 76.0 cm³/mol. The van der Waals surface area contributed by atoms with Gasteiger partial charge < -0.3 is 13.3 Å². The lowest BCUT2D eigenvalue weighted by Gasteiger charge is -2.36. The molecule has 0 heterocycles. The SMILES string of the molecule is CO[Si](OC)(OC)C(C)(Cl)c1ccc(CCl)cc1. The summed E-state index contributed by atoms with van der Waals surface area (Å²) in [4.78, 5) is 0. The maximum absolute atomic E-state index is 6.63. The number of benzene rings is 1. The highest BCUT2D eigenvalue weighted by Crippen LogP contribution is 2.39. The van der Waals surface area contributed by atoms with Crippen molar-refractivity contribution in [2.24, 2.45) is 0 Å². The molecule has 102 valence electrons. The summed E-state index contributed by atoms with van der Waals surface area (Å²) in [6.45, 7) is 1.84. The van der Waals surface area contributed by atoms with E-state index in [9.17, 15) is 0 Å². The second-order valence-corrected chi connectivity index (χ2v) is 8.68. The topological polar surface area (TPSA) is 27.7 Å². The molecule has 0 aliphatic heterocycles. The monoisotopic (exact) mass is 308 g/mol. The smallest absolute Gasteiger partial charge is 0.376 e. The zero-order valence-corrected chi connectivity index (χ0v) is 13.5. The number of hydrogen-bond acceptors (Lipinski definition) is 3. The van der Waals surface area contributed by atoms with Crippen molar-refractivity contribution < 1.29 is 13.3 Å². The molecule has 0 aliphatic carbocycles. The molecule has 0 aromatic heterocycles. The van der Waals surface area contributed by atoms with Crippen LogP contribution in [0.15, 0.2) is 24.3 Å². The first-order valence-electron chi connectivity index (χ1n) is 5.47. The van der Waals surface area contributed by atoms with Gasteiger partial charge in [0.25, 0.3) is 0 Å². The third kappa shape index (κ3) is 2.74. The van der Waals surface area contributed by atoms with E-state index in [-0.39, 0.29) is 0 Å². The average Bonchev–Trinajstić information content (AvgIpc) is 2.41. The minimum Gasteiger partial charge on any atom is -0.376 e. The lowest BCUT2D eigenvalue weighted by atomic mass is 10.1. The van der Waals surface area contributed by atoms with E-state index in [0.717, 1.165) is 11.1 Å². The Morgan fingerprint density at radius 2 is 1.50 bits per heavy atom. The van der Waals surface area contributed by atoms with Crippen LogP contribution in [0.5, 0.6) is 0 Å². The molecule has 18 heavy (non-hydrogen) atoms. The van der Waals surface area contributed by atoms with Gasteiger partial charge in [0.1, 0.15) is 4.50 Å². The largest absolute Gasteiger partial charge is 0.526 e. The summed E-state index contributed by atoms with van der Waals surface area (Å²) >= 11 is 12.4. The van der Waals surface area contributed by atoms with Crippen molar-refractivity contribution in [3.8, 4) is 0 Å². The van der Waals surface area contributed by atoms with Crippen molar-refractivity contribution in [3.05, 3.63) is 35.4 Å². The Bertz CT molecular complexity index is 369. The second kappa shape index (κ2) is 6.37. The quantitative estimate of drug-likeness (QED) is 0.596. The van der Waals surface area contributed by atoms with Crippen LogP contribution in [0, 0.1) is 0 Å². The highest BCUT2D eigenvalue weighted by atomic mass is 35.5. The third-order valence-electron chi connectivity index (χ3n) is 3.03. The molecule has 1 aromatic carbocycles. The fraction of sp³-hybridized carbons (Fsp3) is 0.500. The van der Waals surface area contributed by atoms with Crippen molar-refractivity contribution >= 4 is 32.0 Å². The van der Waals surface area contributed by atoms with Crippen LogP contribution >= 0.6 is 23.2 Å². The van der Waals surface area contributed by atoms with Crippen molar-refractivity contribution in [2.75, 3.05) is 21.3 Å². The summed E-state index contributed by atoms with van der Waals surface area (Å²) < 4.78 is 15.5. The molecule has 0 N–H and O–H groups in total. The predicted octanol–water partition coefficient (Wildman–Crippen LogP) is 3.30. The number of rotatable bonds is 6. The van der Waals surface area contributed by atoms with Gasteiger partial charge in [-0.05, 0) is 18.1 Å². The van der Waals surface area contributed by atoms with Gasteiger partial charge >= 0.3 is 8.80 Å². The lowest BCUT2D eigenvalue weighted by molar-refractivity contribution is 0.108. The Labute approximate surface area is 119 Å². The standard InChI is InChI=1S/C12H18Cl2O3Si/c1-12(14,18(15-2,16-3)17-4)11-7-5-10(9-13)6-8-11/h5-8H,9H2,1-4H3. The highest BCUT2D eigenvalue weighted by Gasteiger charge is 2.57. The van der Waals surface area contributed by atoms with Gasteiger partial charge in [-0.25, -0.2) is 0 Å². The summed E-state index contributed by atoms with van der Waals surface area (Å²) in [5.74, 6) is 0.473. The molecule has 0 saturated carbocycles. The minimum atomic E-state index is -2.98. The van der Waals surface area contributed by atoms with Crippen molar-refractivity contribution in [2.45, 2.75) is 17.3 Å². The zero-order chi connectivity index (χ0) is 13.8. The molecule has 1 rings (SSSR count). The molecule has 0 radical (unpaired) electrons. The van der Waals surface area contributed by atoms with Gasteiger partial charge in [0.15, 0.2) is 0 Å². The van der Waals surface area contributed by atoms with E-state index in [1.165, 1.54) is 0 Å². The van der Waals surface area contributed by atoms with E-state index in [4.69, 9.17) is 36.5 Å². The van der Waals surface area contributed by atoms with E-state index < -0.39 is 13.3 Å². The first-order valence-corrected chi connectivity index (χ1v) is 8.11. The van der Waals surface area contributed by atoms with Gasteiger partial charge in [0.05, 0.1) is 0 Å². The average molecular weight is 309 g/mol. The van der Waals surface area contributed by atoms with E-state index in [2.05, 4.69) is 0 Å². The molecule has 0 bridgehead atoms. The molecule has 0 spiro atoms. The first kappa shape index (κ1) is 16.0. The second-order valence-electron chi connectivity index (χ2n) is 4.00. The van der Waals surface area contributed by atoms with E-state index >= 15 is 0 Å². The fourth-order valence-electron chi connectivity index (χ4n) is 1.91.